The summed E-state index contributed by atoms with van der Waals surface area (Å²) in [6, 6.07) is 9.35. The number of methoxy groups -OCH3 is 1. The van der Waals surface area contributed by atoms with Crippen LogP contribution < -0.4 is 4.74 Å². The fourth-order valence-electron chi connectivity index (χ4n) is 1.75. The number of rotatable bonds is 3. The van der Waals surface area contributed by atoms with Crippen LogP contribution in [0.5, 0.6) is 5.75 Å². The highest BCUT2D eigenvalue weighted by Gasteiger charge is 2.10. The third kappa shape index (κ3) is 2.18. The van der Waals surface area contributed by atoms with Crippen molar-refractivity contribution in [3.8, 4) is 17.0 Å². The number of aromatic nitrogens is 1. The minimum absolute atomic E-state index is 0.578. The van der Waals surface area contributed by atoms with Crippen molar-refractivity contribution < 1.29 is 9.53 Å². The van der Waals surface area contributed by atoms with E-state index in [-0.39, 0.29) is 0 Å². The van der Waals surface area contributed by atoms with E-state index < -0.39 is 0 Å². The van der Waals surface area contributed by atoms with Gasteiger partial charge in [-0.05, 0) is 30.7 Å². The predicted octanol–water partition coefficient (Wildman–Crippen LogP) is 2.88. The van der Waals surface area contributed by atoms with Crippen LogP contribution in [-0.2, 0) is 0 Å². The summed E-state index contributed by atoms with van der Waals surface area (Å²) in [5.41, 5.74) is 3.03. The second-order valence-electron chi connectivity index (χ2n) is 3.77. The van der Waals surface area contributed by atoms with Crippen molar-refractivity contribution in [1.82, 2.24) is 4.98 Å². The van der Waals surface area contributed by atoms with Crippen molar-refractivity contribution >= 4 is 6.29 Å². The lowest BCUT2D eigenvalue weighted by atomic mass is 10.0. The molecule has 2 aromatic rings. The number of aryl methyl sites for hydroxylation is 1. The number of ether oxygens (including phenoxy) is 1. The fraction of sp³-hybridized carbons (Fsp3) is 0.143. The summed E-state index contributed by atoms with van der Waals surface area (Å²) in [5.74, 6) is 0.715. The Bertz CT molecular complexity index is 550. The van der Waals surface area contributed by atoms with Crippen LogP contribution >= 0.6 is 0 Å². The molecular weight excluding hydrogens is 214 g/mol. The van der Waals surface area contributed by atoms with Crippen LogP contribution in [0.1, 0.15) is 15.9 Å². The summed E-state index contributed by atoms with van der Waals surface area (Å²) in [7, 11) is 1.60. The van der Waals surface area contributed by atoms with E-state index in [1.54, 1.807) is 13.3 Å². The molecule has 2 rings (SSSR count). The normalized spacial score (nSPS) is 10.0. The molecule has 0 saturated carbocycles. The monoisotopic (exact) mass is 227 g/mol. The number of para-hydroxylation sites is 1. The lowest BCUT2D eigenvalue weighted by molar-refractivity contribution is 0.112. The number of nitrogens with zero attached hydrogens (tertiary/aromatic N) is 1. The molecule has 0 amide bonds. The molecule has 3 heteroatoms. The second-order valence-corrected chi connectivity index (χ2v) is 3.77. The first-order chi connectivity index (χ1) is 8.26. The summed E-state index contributed by atoms with van der Waals surface area (Å²) in [6.07, 6.45) is 2.57. The Kier molecular flexibility index (Phi) is 3.19. The van der Waals surface area contributed by atoms with Crippen LogP contribution in [0.4, 0.5) is 0 Å². The van der Waals surface area contributed by atoms with Crippen LogP contribution in [0.2, 0.25) is 0 Å². The van der Waals surface area contributed by atoms with Crippen LogP contribution in [-0.4, -0.2) is 18.4 Å². The molecular formula is C14H13NO2. The first-order valence-electron chi connectivity index (χ1n) is 5.31. The van der Waals surface area contributed by atoms with Gasteiger partial charge in [-0.25, -0.2) is 0 Å². The molecule has 0 atom stereocenters. The van der Waals surface area contributed by atoms with Gasteiger partial charge in [-0.15, -0.1) is 0 Å². The van der Waals surface area contributed by atoms with E-state index >= 15 is 0 Å². The standard InChI is InChI=1S/C14H13NO2/c1-10-7-11(9-16)14(15-8-10)12-5-3-4-6-13(12)17-2/h3-9H,1-2H3. The molecule has 0 spiro atoms. The molecule has 0 fully saturated rings. The summed E-state index contributed by atoms with van der Waals surface area (Å²) in [5, 5.41) is 0. The van der Waals surface area contributed by atoms with Gasteiger partial charge in [0.1, 0.15) is 5.75 Å². The van der Waals surface area contributed by atoms with Crippen molar-refractivity contribution in [2.75, 3.05) is 7.11 Å². The Hall–Kier alpha value is -2.16. The van der Waals surface area contributed by atoms with Gasteiger partial charge in [-0.1, -0.05) is 12.1 Å². The van der Waals surface area contributed by atoms with Gasteiger partial charge in [-0.3, -0.25) is 9.78 Å². The molecule has 0 aliphatic carbocycles. The maximum absolute atomic E-state index is 11.1. The van der Waals surface area contributed by atoms with E-state index in [0.717, 1.165) is 17.4 Å². The van der Waals surface area contributed by atoms with Gasteiger partial charge in [0.2, 0.25) is 0 Å². The minimum atomic E-state index is 0.578. The second kappa shape index (κ2) is 4.78. The van der Waals surface area contributed by atoms with Gasteiger partial charge in [0.15, 0.2) is 6.29 Å². The van der Waals surface area contributed by atoms with Crippen molar-refractivity contribution in [1.29, 1.82) is 0 Å². The summed E-state index contributed by atoms with van der Waals surface area (Å²) in [4.78, 5) is 15.4. The lowest BCUT2D eigenvalue weighted by Crippen LogP contribution is -1.95. The highest BCUT2D eigenvalue weighted by atomic mass is 16.5. The minimum Gasteiger partial charge on any atom is -0.496 e. The molecule has 0 aliphatic rings. The van der Waals surface area contributed by atoms with Crippen molar-refractivity contribution in [2.24, 2.45) is 0 Å². The zero-order chi connectivity index (χ0) is 12.3. The fourth-order valence-corrected chi connectivity index (χ4v) is 1.75. The summed E-state index contributed by atoms with van der Waals surface area (Å²) in [6.45, 7) is 1.91. The van der Waals surface area contributed by atoms with Crippen molar-refractivity contribution in [3.63, 3.8) is 0 Å². The van der Waals surface area contributed by atoms with E-state index in [1.165, 1.54) is 0 Å². The lowest BCUT2D eigenvalue weighted by Gasteiger charge is -2.09. The van der Waals surface area contributed by atoms with Gasteiger partial charge in [0.05, 0.1) is 12.8 Å². The Morgan fingerprint density at radius 2 is 2.06 bits per heavy atom. The number of carbonyl (C=O) groups excluding carboxylic acids is 1. The topological polar surface area (TPSA) is 39.2 Å². The molecule has 0 N–H and O–H groups in total. The van der Waals surface area contributed by atoms with Crippen LogP contribution in [0.15, 0.2) is 36.5 Å². The van der Waals surface area contributed by atoms with Gasteiger partial charge in [0, 0.05) is 17.3 Å². The molecule has 0 unspecified atom stereocenters. The maximum atomic E-state index is 11.1. The Balaban J connectivity index is 2.63. The summed E-state index contributed by atoms with van der Waals surface area (Å²) >= 11 is 0. The molecule has 0 radical (unpaired) electrons. The Morgan fingerprint density at radius 1 is 1.29 bits per heavy atom. The van der Waals surface area contributed by atoms with Gasteiger partial charge in [0.25, 0.3) is 0 Å². The molecule has 0 saturated heterocycles. The smallest absolute Gasteiger partial charge is 0.152 e. The zero-order valence-electron chi connectivity index (χ0n) is 9.81. The third-order valence-corrected chi connectivity index (χ3v) is 2.54. The quantitative estimate of drug-likeness (QED) is 0.757. The average Bonchev–Trinajstić information content (AvgIpc) is 2.38. The molecule has 1 aromatic heterocycles. The zero-order valence-corrected chi connectivity index (χ0v) is 9.81. The summed E-state index contributed by atoms with van der Waals surface area (Å²) < 4.78 is 5.27. The third-order valence-electron chi connectivity index (χ3n) is 2.54. The number of benzene rings is 1. The van der Waals surface area contributed by atoms with Crippen molar-refractivity contribution in [2.45, 2.75) is 6.92 Å². The largest absolute Gasteiger partial charge is 0.496 e. The van der Waals surface area contributed by atoms with E-state index in [0.29, 0.717) is 17.0 Å². The number of carbonyl (C=O) groups is 1. The van der Waals surface area contributed by atoms with Crippen molar-refractivity contribution in [3.05, 3.63) is 47.7 Å². The van der Waals surface area contributed by atoms with E-state index in [9.17, 15) is 4.79 Å². The van der Waals surface area contributed by atoms with Crippen LogP contribution in [0, 0.1) is 6.92 Å². The highest BCUT2D eigenvalue weighted by Crippen LogP contribution is 2.30. The van der Waals surface area contributed by atoms with Gasteiger partial charge in [-0.2, -0.15) is 0 Å². The molecule has 1 heterocycles. The first kappa shape index (κ1) is 11.3. The average molecular weight is 227 g/mol. The molecule has 86 valence electrons. The van der Waals surface area contributed by atoms with Gasteiger partial charge >= 0.3 is 0 Å². The number of pyridine rings is 1. The van der Waals surface area contributed by atoms with E-state index in [4.69, 9.17) is 4.74 Å². The van der Waals surface area contributed by atoms with Gasteiger partial charge < -0.3 is 4.74 Å². The van der Waals surface area contributed by atoms with Crippen LogP contribution in [0.25, 0.3) is 11.3 Å². The van der Waals surface area contributed by atoms with E-state index in [2.05, 4.69) is 4.98 Å². The SMILES string of the molecule is COc1ccccc1-c1ncc(C)cc1C=O. The molecule has 0 bridgehead atoms. The van der Waals surface area contributed by atoms with E-state index in [1.807, 2.05) is 37.3 Å². The molecule has 17 heavy (non-hydrogen) atoms. The van der Waals surface area contributed by atoms with Crippen LogP contribution in [0.3, 0.4) is 0 Å². The number of hydrogen-bond acceptors (Lipinski definition) is 3. The molecule has 1 aromatic carbocycles. The maximum Gasteiger partial charge on any atom is 0.152 e. The first-order valence-corrected chi connectivity index (χ1v) is 5.31. The number of hydrogen-bond donors (Lipinski definition) is 0. The predicted molar refractivity (Wildman–Crippen MR) is 66.3 cm³/mol. The number of aldehydes is 1. The molecule has 3 nitrogen and oxygen atoms in total. The Labute approximate surface area is 100 Å². The highest BCUT2D eigenvalue weighted by molar-refractivity contribution is 5.87. The molecule has 0 aliphatic heterocycles. The Morgan fingerprint density at radius 3 is 2.76 bits per heavy atom.